The first-order valence-corrected chi connectivity index (χ1v) is 6.63. The van der Waals surface area contributed by atoms with Crippen molar-refractivity contribution >= 4 is 28.5 Å². The van der Waals surface area contributed by atoms with Gasteiger partial charge in [-0.3, -0.25) is 4.79 Å². The lowest BCUT2D eigenvalue weighted by molar-refractivity contribution is -0.186. The lowest BCUT2D eigenvalue weighted by atomic mass is 9.97. The summed E-state index contributed by atoms with van der Waals surface area (Å²) >= 11 is 2.04. The molecule has 1 aliphatic heterocycles. The van der Waals surface area contributed by atoms with Crippen molar-refractivity contribution in [2.24, 2.45) is 0 Å². The van der Waals surface area contributed by atoms with Crippen LogP contribution in [-0.4, -0.2) is 23.5 Å². The van der Waals surface area contributed by atoms with Gasteiger partial charge in [0.25, 0.3) is 0 Å². The van der Waals surface area contributed by atoms with E-state index in [9.17, 15) is 22.4 Å². The van der Waals surface area contributed by atoms with Crippen LogP contribution >= 0.6 is 22.6 Å². The zero-order valence-corrected chi connectivity index (χ0v) is 11.9. The third kappa shape index (κ3) is 3.01. The first-order chi connectivity index (χ1) is 8.82. The van der Waals surface area contributed by atoms with E-state index >= 15 is 0 Å². The quantitative estimate of drug-likeness (QED) is 0.536. The maximum atomic E-state index is 12.7. The van der Waals surface area contributed by atoms with E-state index in [0.29, 0.717) is 17.5 Å². The van der Waals surface area contributed by atoms with Crippen LogP contribution in [0.2, 0.25) is 0 Å². The van der Waals surface area contributed by atoms with Crippen LogP contribution in [0.25, 0.3) is 0 Å². The van der Waals surface area contributed by atoms with Gasteiger partial charge in [0.05, 0.1) is 0 Å². The van der Waals surface area contributed by atoms with Crippen molar-refractivity contribution in [1.82, 2.24) is 4.90 Å². The molecule has 0 saturated carbocycles. The van der Waals surface area contributed by atoms with Gasteiger partial charge in [0.1, 0.15) is 6.67 Å². The number of halogens is 5. The zero-order valence-electron chi connectivity index (χ0n) is 9.73. The predicted octanol–water partition coefficient (Wildman–Crippen LogP) is 3.21. The van der Waals surface area contributed by atoms with Crippen LogP contribution in [0.4, 0.5) is 17.6 Å². The molecule has 104 valence electrons. The number of amides is 1. The number of hydrogen-bond donors (Lipinski definition) is 0. The Morgan fingerprint density at radius 1 is 1.37 bits per heavy atom. The smallest absolute Gasteiger partial charge is 0.330 e. The van der Waals surface area contributed by atoms with Gasteiger partial charge >= 0.3 is 12.1 Å². The number of nitrogens with zero attached hydrogens (tertiary/aromatic N) is 1. The van der Waals surface area contributed by atoms with Crippen LogP contribution in [0, 0.1) is 3.57 Å². The molecule has 2 rings (SSSR count). The van der Waals surface area contributed by atoms with Crippen molar-refractivity contribution < 1.29 is 22.4 Å². The van der Waals surface area contributed by atoms with E-state index in [1.54, 1.807) is 6.07 Å². The van der Waals surface area contributed by atoms with Crippen LogP contribution in [-0.2, 0) is 24.4 Å². The van der Waals surface area contributed by atoms with Crippen molar-refractivity contribution in [3.8, 4) is 0 Å². The Balaban J connectivity index is 2.29. The molecule has 0 fully saturated rings. The number of hydrogen-bond acceptors (Lipinski definition) is 1. The molecule has 0 bridgehead atoms. The van der Waals surface area contributed by atoms with Crippen molar-refractivity contribution in [2.45, 2.75) is 25.8 Å². The second-order valence-corrected chi connectivity index (χ2v) is 5.49. The molecule has 0 unspecified atom stereocenters. The van der Waals surface area contributed by atoms with Gasteiger partial charge < -0.3 is 4.90 Å². The highest BCUT2D eigenvalue weighted by atomic mass is 127. The van der Waals surface area contributed by atoms with E-state index in [1.807, 2.05) is 22.6 Å². The SMILES string of the molecule is O=C(N1CCc2c(I)cc(CF)cc2C1)C(F)(F)F. The first kappa shape index (κ1) is 14.5. The average Bonchev–Trinajstić information content (AvgIpc) is 2.35. The van der Waals surface area contributed by atoms with E-state index < -0.39 is 18.8 Å². The Morgan fingerprint density at radius 3 is 2.63 bits per heavy atom. The largest absolute Gasteiger partial charge is 0.471 e. The molecule has 7 heteroatoms. The Labute approximate surface area is 120 Å². The Bertz CT molecular complexity index is 515. The van der Waals surface area contributed by atoms with Crippen molar-refractivity contribution in [2.75, 3.05) is 6.54 Å². The number of alkyl halides is 4. The molecule has 0 radical (unpaired) electrons. The number of fused-ring (bicyclic) bond motifs is 1. The van der Waals surface area contributed by atoms with Crippen molar-refractivity contribution in [3.05, 3.63) is 32.4 Å². The minimum absolute atomic E-state index is 0.0380. The second kappa shape index (κ2) is 5.26. The van der Waals surface area contributed by atoms with Crippen molar-refractivity contribution in [1.29, 1.82) is 0 Å². The molecular formula is C12H10F4INO. The van der Waals surface area contributed by atoms with E-state index in [1.165, 1.54) is 6.07 Å². The molecule has 2 nitrogen and oxygen atoms in total. The standard InChI is InChI=1S/C12H10F4INO/c13-5-7-3-8-6-18(11(19)12(14,15)16)2-1-9(8)10(17)4-7/h3-4H,1-2,5-6H2. The van der Waals surface area contributed by atoms with Crippen LogP contribution in [0.15, 0.2) is 12.1 Å². The summed E-state index contributed by atoms with van der Waals surface area (Å²) in [6.07, 6.45) is -4.50. The summed E-state index contributed by atoms with van der Waals surface area (Å²) < 4.78 is 50.6. The Morgan fingerprint density at radius 2 is 2.05 bits per heavy atom. The van der Waals surface area contributed by atoms with Gasteiger partial charge in [0, 0.05) is 16.7 Å². The molecule has 1 amide bonds. The van der Waals surface area contributed by atoms with Gasteiger partial charge in [-0.1, -0.05) is 6.07 Å². The van der Waals surface area contributed by atoms with Gasteiger partial charge in [-0.2, -0.15) is 13.2 Å². The normalized spacial score (nSPS) is 15.3. The highest BCUT2D eigenvalue weighted by Crippen LogP contribution is 2.28. The topological polar surface area (TPSA) is 20.3 Å². The lowest BCUT2D eigenvalue weighted by Gasteiger charge is -2.30. The maximum Gasteiger partial charge on any atom is 0.471 e. The molecule has 0 aliphatic carbocycles. The first-order valence-electron chi connectivity index (χ1n) is 5.55. The van der Waals surface area contributed by atoms with Crippen LogP contribution in [0.5, 0.6) is 0 Å². The molecule has 0 saturated heterocycles. The molecular weight excluding hydrogens is 377 g/mol. The van der Waals surface area contributed by atoms with E-state index in [-0.39, 0.29) is 13.1 Å². The van der Waals surface area contributed by atoms with Gasteiger partial charge in [-0.25, -0.2) is 4.39 Å². The molecule has 19 heavy (non-hydrogen) atoms. The summed E-state index contributed by atoms with van der Waals surface area (Å²) in [5.41, 5.74) is 1.93. The lowest BCUT2D eigenvalue weighted by Crippen LogP contribution is -2.43. The fourth-order valence-electron chi connectivity index (χ4n) is 2.14. The maximum absolute atomic E-state index is 12.7. The predicted molar refractivity (Wildman–Crippen MR) is 69.1 cm³/mol. The number of rotatable bonds is 1. The van der Waals surface area contributed by atoms with Gasteiger partial charge in [0.15, 0.2) is 0 Å². The Hall–Kier alpha value is -0.860. The second-order valence-electron chi connectivity index (χ2n) is 4.32. The van der Waals surface area contributed by atoms with Crippen LogP contribution in [0.1, 0.15) is 16.7 Å². The fourth-order valence-corrected chi connectivity index (χ4v) is 3.15. The van der Waals surface area contributed by atoms with Crippen molar-refractivity contribution in [3.63, 3.8) is 0 Å². The van der Waals surface area contributed by atoms with E-state index in [0.717, 1.165) is 14.0 Å². The third-order valence-electron chi connectivity index (χ3n) is 3.02. The summed E-state index contributed by atoms with van der Waals surface area (Å²) in [5, 5.41) is 0. The van der Waals surface area contributed by atoms with Gasteiger partial charge in [-0.05, 0) is 51.8 Å². The van der Waals surface area contributed by atoms with Crippen LogP contribution < -0.4 is 0 Å². The molecule has 0 aromatic heterocycles. The molecule has 1 heterocycles. The average molecular weight is 387 g/mol. The molecule has 1 aromatic rings. The number of benzene rings is 1. The van der Waals surface area contributed by atoms with Gasteiger partial charge in [0.2, 0.25) is 0 Å². The minimum Gasteiger partial charge on any atom is -0.330 e. The third-order valence-corrected chi connectivity index (χ3v) is 3.99. The number of carbonyl (C=O) groups is 1. The zero-order chi connectivity index (χ0) is 14.2. The van der Waals surface area contributed by atoms with Crippen LogP contribution in [0.3, 0.4) is 0 Å². The monoisotopic (exact) mass is 387 g/mol. The molecule has 0 N–H and O–H groups in total. The highest BCUT2D eigenvalue weighted by molar-refractivity contribution is 14.1. The summed E-state index contributed by atoms with van der Waals surface area (Å²) in [4.78, 5) is 12.0. The molecule has 1 aliphatic rings. The molecule has 0 spiro atoms. The summed E-state index contributed by atoms with van der Waals surface area (Å²) in [6, 6.07) is 3.22. The van der Waals surface area contributed by atoms with E-state index in [2.05, 4.69) is 0 Å². The summed E-state index contributed by atoms with van der Waals surface area (Å²) in [6.45, 7) is -0.746. The van der Waals surface area contributed by atoms with E-state index in [4.69, 9.17) is 0 Å². The summed E-state index contributed by atoms with van der Waals surface area (Å²) in [7, 11) is 0. The molecule has 1 aromatic carbocycles. The number of carbonyl (C=O) groups excluding carboxylic acids is 1. The highest BCUT2D eigenvalue weighted by Gasteiger charge is 2.43. The van der Waals surface area contributed by atoms with Gasteiger partial charge in [-0.15, -0.1) is 0 Å². The minimum atomic E-state index is -4.86. The fraction of sp³-hybridized carbons (Fsp3) is 0.417. The summed E-state index contributed by atoms with van der Waals surface area (Å²) in [5.74, 6) is -1.83. The Kier molecular flexibility index (Phi) is 4.03. The molecule has 0 atom stereocenters.